The predicted octanol–water partition coefficient (Wildman–Crippen LogP) is 1.73. The van der Waals surface area contributed by atoms with E-state index in [4.69, 9.17) is 5.11 Å². The summed E-state index contributed by atoms with van der Waals surface area (Å²) in [4.78, 5) is 18.7. The van der Waals surface area contributed by atoms with Crippen LogP contribution in [0.3, 0.4) is 0 Å². The van der Waals surface area contributed by atoms with Crippen molar-refractivity contribution in [3.05, 3.63) is 42.2 Å². The smallest absolute Gasteiger partial charge is 0.328 e. The third-order valence-corrected chi connectivity index (χ3v) is 1.87. The lowest BCUT2D eigenvalue weighted by atomic mass is 10.2. The zero-order chi connectivity index (χ0) is 10.7. The van der Waals surface area contributed by atoms with Crippen LogP contribution in [-0.2, 0) is 4.79 Å². The van der Waals surface area contributed by atoms with Gasteiger partial charge >= 0.3 is 5.97 Å². The van der Waals surface area contributed by atoms with Gasteiger partial charge in [-0.05, 0) is 30.3 Å². The lowest BCUT2D eigenvalue weighted by molar-refractivity contribution is -0.131. The van der Waals surface area contributed by atoms with Crippen LogP contribution in [0.2, 0.25) is 0 Å². The first kappa shape index (κ1) is 9.33. The summed E-state index contributed by atoms with van der Waals surface area (Å²) in [5, 5.41) is 8.46. The van der Waals surface area contributed by atoms with Gasteiger partial charge < -0.3 is 5.11 Å². The summed E-state index contributed by atoms with van der Waals surface area (Å²) in [5.74, 6) is -0.983. The lowest BCUT2D eigenvalue weighted by Gasteiger charge is -1.96. The highest BCUT2D eigenvalue weighted by Gasteiger charge is 1.96. The number of hydrogen-bond acceptors (Lipinski definition) is 3. The van der Waals surface area contributed by atoms with Crippen molar-refractivity contribution in [2.24, 2.45) is 0 Å². The molecule has 74 valence electrons. The van der Waals surface area contributed by atoms with Crippen LogP contribution in [-0.4, -0.2) is 21.0 Å². The number of nitrogens with zero attached hydrogens (tertiary/aromatic N) is 2. The number of rotatable bonds is 2. The Morgan fingerprint density at radius 3 is 2.93 bits per heavy atom. The van der Waals surface area contributed by atoms with E-state index in [2.05, 4.69) is 9.97 Å². The van der Waals surface area contributed by atoms with Gasteiger partial charge in [-0.1, -0.05) is 0 Å². The zero-order valence-electron chi connectivity index (χ0n) is 7.79. The van der Waals surface area contributed by atoms with Gasteiger partial charge in [-0.3, -0.25) is 4.98 Å². The van der Waals surface area contributed by atoms with Crippen LogP contribution in [0.5, 0.6) is 0 Å². The molecule has 4 heteroatoms. The van der Waals surface area contributed by atoms with Gasteiger partial charge in [0.05, 0.1) is 16.7 Å². The summed E-state index contributed by atoms with van der Waals surface area (Å²) in [6.45, 7) is 0. The minimum absolute atomic E-state index is 0.609. The van der Waals surface area contributed by atoms with Crippen LogP contribution in [0.25, 0.3) is 17.1 Å². The van der Waals surface area contributed by atoms with Gasteiger partial charge in [0.15, 0.2) is 0 Å². The molecule has 4 nitrogen and oxygen atoms in total. The van der Waals surface area contributed by atoms with E-state index >= 15 is 0 Å². The van der Waals surface area contributed by atoms with E-state index in [0.717, 1.165) is 17.1 Å². The van der Waals surface area contributed by atoms with Crippen molar-refractivity contribution in [3.8, 4) is 0 Å². The first-order valence-electron chi connectivity index (χ1n) is 4.38. The molecule has 0 atom stereocenters. The third kappa shape index (κ3) is 2.17. The topological polar surface area (TPSA) is 63.1 Å². The fraction of sp³-hybridized carbons (Fsp3) is 0. The van der Waals surface area contributed by atoms with Crippen LogP contribution in [0.15, 0.2) is 36.5 Å². The van der Waals surface area contributed by atoms with Gasteiger partial charge in [-0.15, -0.1) is 0 Å². The fourth-order valence-electron chi connectivity index (χ4n) is 1.22. The number of carboxylic acids is 1. The normalized spacial score (nSPS) is 10.9. The average molecular weight is 200 g/mol. The Kier molecular flexibility index (Phi) is 2.41. The molecule has 0 amide bonds. The van der Waals surface area contributed by atoms with Crippen molar-refractivity contribution in [2.45, 2.75) is 0 Å². The molecule has 1 N–H and O–H groups in total. The highest BCUT2D eigenvalue weighted by molar-refractivity contribution is 5.85. The summed E-state index contributed by atoms with van der Waals surface area (Å²) >= 11 is 0. The van der Waals surface area contributed by atoms with E-state index in [9.17, 15) is 4.79 Å². The standard InChI is InChI=1S/C11H8N2O2/c14-11(15)6-4-8-3-5-9-10(13-8)2-1-7-12-9/h1-7H,(H,14,15)/b6-4+. The van der Waals surface area contributed by atoms with E-state index in [1.807, 2.05) is 12.1 Å². The summed E-state index contributed by atoms with van der Waals surface area (Å²) < 4.78 is 0. The molecule has 0 radical (unpaired) electrons. The van der Waals surface area contributed by atoms with E-state index in [0.29, 0.717) is 5.69 Å². The van der Waals surface area contributed by atoms with Crippen molar-refractivity contribution in [1.82, 2.24) is 9.97 Å². The average Bonchev–Trinajstić information content (AvgIpc) is 2.26. The molecule has 0 spiro atoms. The Hall–Kier alpha value is -2.23. The van der Waals surface area contributed by atoms with Crippen LogP contribution in [0, 0.1) is 0 Å². The van der Waals surface area contributed by atoms with E-state index in [-0.39, 0.29) is 0 Å². The molecule has 0 aromatic carbocycles. The van der Waals surface area contributed by atoms with Crippen LogP contribution in [0.1, 0.15) is 5.69 Å². The van der Waals surface area contributed by atoms with Crippen molar-refractivity contribution in [2.75, 3.05) is 0 Å². The molecule has 0 unspecified atom stereocenters. The summed E-state index contributed by atoms with van der Waals surface area (Å²) in [6, 6.07) is 7.17. The Morgan fingerprint density at radius 1 is 1.27 bits per heavy atom. The molecule has 2 aromatic heterocycles. The molecule has 15 heavy (non-hydrogen) atoms. The largest absolute Gasteiger partial charge is 0.478 e. The molecule has 0 bridgehead atoms. The molecule has 0 aliphatic rings. The van der Waals surface area contributed by atoms with Gasteiger partial charge in [-0.2, -0.15) is 0 Å². The molecule has 0 aliphatic heterocycles. The Bertz CT molecular complexity index is 535. The molecule has 2 rings (SSSR count). The van der Waals surface area contributed by atoms with Gasteiger partial charge in [-0.25, -0.2) is 9.78 Å². The van der Waals surface area contributed by atoms with Crippen LogP contribution >= 0.6 is 0 Å². The van der Waals surface area contributed by atoms with E-state index in [1.165, 1.54) is 6.08 Å². The molecule has 2 heterocycles. The number of aromatic nitrogens is 2. The van der Waals surface area contributed by atoms with Gasteiger partial charge in [0.2, 0.25) is 0 Å². The Balaban J connectivity index is 2.43. The molecule has 0 saturated carbocycles. The second-order valence-corrected chi connectivity index (χ2v) is 2.95. The number of fused-ring (bicyclic) bond motifs is 1. The zero-order valence-corrected chi connectivity index (χ0v) is 7.79. The molecule has 2 aromatic rings. The number of aliphatic carboxylic acids is 1. The molecule has 0 saturated heterocycles. The SMILES string of the molecule is O=C(O)/C=C/c1ccc2ncccc2n1. The maximum absolute atomic E-state index is 10.3. The van der Waals surface area contributed by atoms with E-state index in [1.54, 1.807) is 18.3 Å². The number of carbonyl (C=O) groups is 1. The molecule has 0 fully saturated rings. The highest BCUT2D eigenvalue weighted by Crippen LogP contribution is 2.09. The monoisotopic (exact) mass is 200 g/mol. The van der Waals surface area contributed by atoms with Crippen molar-refractivity contribution in [1.29, 1.82) is 0 Å². The minimum Gasteiger partial charge on any atom is -0.478 e. The summed E-state index contributed by atoms with van der Waals surface area (Å²) in [5.41, 5.74) is 2.16. The number of pyridine rings is 2. The minimum atomic E-state index is -0.983. The van der Waals surface area contributed by atoms with Crippen molar-refractivity contribution >= 4 is 23.1 Å². The third-order valence-electron chi connectivity index (χ3n) is 1.87. The second kappa shape index (κ2) is 3.88. The number of hydrogen-bond donors (Lipinski definition) is 1. The second-order valence-electron chi connectivity index (χ2n) is 2.95. The summed E-state index contributed by atoms with van der Waals surface area (Å²) in [7, 11) is 0. The van der Waals surface area contributed by atoms with Crippen molar-refractivity contribution in [3.63, 3.8) is 0 Å². The fourth-order valence-corrected chi connectivity index (χ4v) is 1.22. The Morgan fingerprint density at radius 2 is 2.13 bits per heavy atom. The molecular formula is C11H8N2O2. The van der Waals surface area contributed by atoms with Gasteiger partial charge in [0, 0.05) is 12.3 Å². The van der Waals surface area contributed by atoms with Gasteiger partial charge in [0.1, 0.15) is 0 Å². The van der Waals surface area contributed by atoms with Gasteiger partial charge in [0.25, 0.3) is 0 Å². The van der Waals surface area contributed by atoms with E-state index < -0.39 is 5.97 Å². The lowest BCUT2D eigenvalue weighted by Crippen LogP contribution is -1.88. The maximum Gasteiger partial charge on any atom is 0.328 e. The number of carboxylic acid groups (broad SMARTS) is 1. The quantitative estimate of drug-likeness (QED) is 0.750. The predicted molar refractivity (Wildman–Crippen MR) is 56.2 cm³/mol. The van der Waals surface area contributed by atoms with Crippen LogP contribution in [0.4, 0.5) is 0 Å². The summed E-state index contributed by atoms with van der Waals surface area (Å²) in [6.07, 6.45) is 4.20. The highest BCUT2D eigenvalue weighted by atomic mass is 16.4. The first-order chi connectivity index (χ1) is 7.25. The molecule has 0 aliphatic carbocycles. The maximum atomic E-state index is 10.3. The molecular weight excluding hydrogens is 192 g/mol. The Labute approximate surface area is 85.9 Å². The van der Waals surface area contributed by atoms with Crippen LogP contribution < -0.4 is 0 Å². The van der Waals surface area contributed by atoms with Crippen molar-refractivity contribution < 1.29 is 9.90 Å². The first-order valence-corrected chi connectivity index (χ1v) is 4.38.